The molecule has 302 valence electrons. The number of nitrogens with one attached hydrogen (secondary N) is 2. The lowest BCUT2D eigenvalue weighted by atomic mass is 9.81. The minimum Gasteiger partial charge on any atom is -0.458 e. The number of halogens is 1. The standard InChI is InChI=1S/C44H40FN5O9/c1-4-44(56)30-15-34-39-28(17-50(34)41(53)29(30)19-58-42(44)54)38-32(14-13-23-22(2)31(45)16-33(48-39)37(23)38)47-36(52)20-57-21-46-35(51)18-49(3)43(55)59-40-26-11-7-5-9-24(26)25-10-6-8-12-27(25)40/h5-12,15-16,32,40,56H,4,13-14,17-21H2,1-3H3,(H,46,51)(H,47,52)/t32-,44-/m0/s1. The molecule has 4 heterocycles. The van der Waals surface area contributed by atoms with Gasteiger partial charge >= 0.3 is 12.1 Å². The number of hydrogen-bond donors (Lipinski definition) is 3. The molecule has 0 saturated carbocycles. The van der Waals surface area contributed by atoms with Gasteiger partial charge in [-0.25, -0.2) is 19.0 Å². The number of aryl methyl sites for hydroxylation is 1. The quantitative estimate of drug-likeness (QED) is 0.107. The third kappa shape index (κ3) is 6.14. The van der Waals surface area contributed by atoms with Crippen molar-refractivity contribution < 1.29 is 42.9 Å². The number of likely N-dealkylation sites (N-methyl/N-ethyl adjacent to an activating group) is 1. The van der Waals surface area contributed by atoms with Gasteiger partial charge in [0.05, 0.1) is 35.1 Å². The van der Waals surface area contributed by atoms with Gasteiger partial charge in [-0.1, -0.05) is 55.5 Å². The molecule has 0 spiro atoms. The molecular weight excluding hydrogens is 762 g/mol. The number of fused-ring (bicyclic) bond motifs is 8. The molecular formula is C44H40FN5O9. The number of ether oxygens (including phenoxy) is 3. The van der Waals surface area contributed by atoms with Crippen LogP contribution in [-0.4, -0.2) is 70.4 Å². The highest BCUT2D eigenvalue weighted by Gasteiger charge is 2.46. The number of aromatic nitrogens is 2. The highest BCUT2D eigenvalue weighted by atomic mass is 19.1. The maximum Gasteiger partial charge on any atom is 0.410 e. The summed E-state index contributed by atoms with van der Waals surface area (Å²) in [6.07, 6.45) is -0.431. The highest BCUT2D eigenvalue weighted by Crippen LogP contribution is 2.47. The van der Waals surface area contributed by atoms with Crippen molar-refractivity contribution in [1.82, 2.24) is 25.1 Å². The third-order valence-corrected chi connectivity index (χ3v) is 12.0. The molecule has 2 aliphatic carbocycles. The van der Waals surface area contributed by atoms with E-state index < -0.39 is 59.6 Å². The van der Waals surface area contributed by atoms with Crippen molar-refractivity contribution in [2.75, 3.05) is 26.9 Å². The molecule has 0 bridgehead atoms. The van der Waals surface area contributed by atoms with Crippen LogP contribution < -0.4 is 16.2 Å². The maximum absolute atomic E-state index is 15.3. The lowest BCUT2D eigenvalue weighted by Gasteiger charge is -2.31. The fraction of sp³-hybridized carbons (Fsp3) is 0.318. The highest BCUT2D eigenvalue weighted by molar-refractivity contribution is 5.94. The molecule has 9 rings (SSSR count). The maximum atomic E-state index is 15.3. The van der Waals surface area contributed by atoms with Crippen LogP contribution in [0.5, 0.6) is 0 Å². The van der Waals surface area contributed by atoms with Gasteiger partial charge in [-0.2, -0.15) is 0 Å². The zero-order chi connectivity index (χ0) is 41.3. The zero-order valence-corrected chi connectivity index (χ0v) is 32.5. The van der Waals surface area contributed by atoms with Crippen molar-refractivity contribution >= 4 is 34.8 Å². The number of carbonyl (C=O) groups excluding carboxylic acids is 4. The Morgan fingerprint density at radius 2 is 1.75 bits per heavy atom. The predicted molar refractivity (Wildman–Crippen MR) is 210 cm³/mol. The smallest absolute Gasteiger partial charge is 0.410 e. The average molecular weight is 802 g/mol. The summed E-state index contributed by atoms with van der Waals surface area (Å²) in [7, 11) is 1.46. The number of cyclic esters (lactones) is 1. The number of nitrogens with zero attached hydrogens (tertiary/aromatic N) is 3. The van der Waals surface area contributed by atoms with E-state index in [1.165, 1.54) is 17.7 Å². The van der Waals surface area contributed by atoms with Crippen LogP contribution in [0.3, 0.4) is 0 Å². The first-order chi connectivity index (χ1) is 28.4. The van der Waals surface area contributed by atoms with E-state index in [1.807, 2.05) is 48.5 Å². The molecule has 14 nitrogen and oxygen atoms in total. The Balaban J connectivity index is 0.872. The summed E-state index contributed by atoms with van der Waals surface area (Å²) in [6, 6.07) is 17.8. The molecule has 0 saturated heterocycles. The molecule has 5 aromatic rings. The first-order valence-corrected chi connectivity index (χ1v) is 19.4. The summed E-state index contributed by atoms with van der Waals surface area (Å²) in [5, 5.41) is 17.6. The Hall–Kier alpha value is -6.45. The Morgan fingerprint density at radius 3 is 2.46 bits per heavy atom. The van der Waals surface area contributed by atoms with Gasteiger partial charge in [0.25, 0.3) is 5.56 Å². The van der Waals surface area contributed by atoms with Gasteiger partial charge in [0.1, 0.15) is 32.3 Å². The molecule has 3 aromatic carbocycles. The number of amides is 3. The number of pyridine rings is 2. The summed E-state index contributed by atoms with van der Waals surface area (Å²) in [5.74, 6) is -2.27. The van der Waals surface area contributed by atoms with Gasteiger partial charge in [0, 0.05) is 40.8 Å². The summed E-state index contributed by atoms with van der Waals surface area (Å²) < 4.78 is 33.4. The Kier molecular flexibility index (Phi) is 9.31. The number of esters is 1. The zero-order valence-electron chi connectivity index (χ0n) is 32.5. The van der Waals surface area contributed by atoms with E-state index in [9.17, 15) is 29.1 Å². The van der Waals surface area contributed by atoms with E-state index in [-0.39, 0.29) is 44.0 Å². The van der Waals surface area contributed by atoms with Crippen LogP contribution in [0.15, 0.2) is 65.5 Å². The van der Waals surface area contributed by atoms with Crippen LogP contribution in [0, 0.1) is 12.7 Å². The van der Waals surface area contributed by atoms with Crippen LogP contribution in [-0.2, 0) is 53.8 Å². The lowest BCUT2D eigenvalue weighted by Crippen LogP contribution is -2.44. The molecule has 2 atom stereocenters. The van der Waals surface area contributed by atoms with Crippen LogP contribution in [0.1, 0.15) is 76.4 Å². The third-order valence-electron chi connectivity index (χ3n) is 12.0. The number of aliphatic hydroxyl groups is 1. The van der Waals surface area contributed by atoms with E-state index in [0.29, 0.717) is 51.8 Å². The van der Waals surface area contributed by atoms with E-state index in [2.05, 4.69) is 10.6 Å². The first kappa shape index (κ1) is 38.1. The number of benzene rings is 3. The van der Waals surface area contributed by atoms with E-state index in [4.69, 9.17) is 19.2 Å². The van der Waals surface area contributed by atoms with Crippen molar-refractivity contribution in [3.63, 3.8) is 0 Å². The van der Waals surface area contributed by atoms with Gasteiger partial charge in [0.15, 0.2) is 11.7 Å². The van der Waals surface area contributed by atoms with Gasteiger partial charge in [-0.3, -0.25) is 14.4 Å². The molecule has 3 N–H and O–H groups in total. The Bertz CT molecular complexity index is 2670. The first-order valence-electron chi connectivity index (χ1n) is 19.4. The molecule has 0 unspecified atom stereocenters. The Morgan fingerprint density at radius 1 is 1.03 bits per heavy atom. The summed E-state index contributed by atoms with van der Waals surface area (Å²) in [4.78, 5) is 71.8. The summed E-state index contributed by atoms with van der Waals surface area (Å²) >= 11 is 0. The molecule has 4 aliphatic rings. The minimum absolute atomic E-state index is 0.0175. The van der Waals surface area contributed by atoms with Crippen molar-refractivity contribution in [2.45, 2.75) is 64.0 Å². The Labute approximate surface area is 336 Å². The largest absolute Gasteiger partial charge is 0.458 e. The fourth-order valence-electron chi connectivity index (χ4n) is 8.97. The topological polar surface area (TPSA) is 178 Å². The molecule has 59 heavy (non-hydrogen) atoms. The number of rotatable bonds is 9. The van der Waals surface area contributed by atoms with Crippen molar-refractivity contribution in [3.8, 4) is 22.5 Å². The molecule has 15 heteroatoms. The van der Waals surface area contributed by atoms with Crippen LogP contribution in [0.4, 0.5) is 9.18 Å². The number of carbonyl (C=O) groups is 4. The monoisotopic (exact) mass is 801 g/mol. The number of hydrogen-bond acceptors (Lipinski definition) is 10. The van der Waals surface area contributed by atoms with Gasteiger partial charge in [-0.15, -0.1) is 0 Å². The van der Waals surface area contributed by atoms with Crippen molar-refractivity contribution in [2.24, 2.45) is 0 Å². The molecule has 2 aliphatic heterocycles. The second kappa shape index (κ2) is 14.4. The molecule has 3 amide bonds. The van der Waals surface area contributed by atoms with E-state index in [0.717, 1.165) is 32.7 Å². The summed E-state index contributed by atoms with van der Waals surface area (Å²) in [6.45, 7) is 2.11. The van der Waals surface area contributed by atoms with E-state index >= 15 is 4.39 Å². The van der Waals surface area contributed by atoms with Gasteiger partial charge in [0.2, 0.25) is 11.8 Å². The molecule has 2 aromatic heterocycles. The second-order valence-electron chi connectivity index (χ2n) is 15.4. The van der Waals surface area contributed by atoms with Gasteiger partial charge in [-0.05, 0) is 60.1 Å². The van der Waals surface area contributed by atoms with Crippen molar-refractivity contribution in [3.05, 3.63) is 121 Å². The average Bonchev–Trinajstić information content (AvgIpc) is 3.76. The SMILES string of the molecule is CC[C@@]1(O)C(=O)OCc2c1cc1n(c2=O)Cc2c-1nc1cc(F)c(C)c3c1c2[C@@H](NC(=O)COCNC(=O)CN(C)C(=O)OC1c2ccccc2-c2ccccc21)CC3. The summed E-state index contributed by atoms with van der Waals surface area (Å²) in [5.41, 5.74) is 5.32. The van der Waals surface area contributed by atoms with Crippen LogP contribution >= 0.6 is 0 Å². The van der Waals surface area contributed by atoms with Crippen molar-refractivity contribution in [1.29, 1.82) is 0 Å². The molecule has 0 radical (unpaired) electrons. The van der Waals surface area contributed by atoms with Crippen LogP contribution in [0.2, 0.25) is 0 Å². The van der Waals surface area contributed by atoms with Gasteiger partial charge < -0.3 is 39.4 Å². The van der Waals surface area contributed by atoms with E-state index in [1.54, 1.807) is 19.9 Å². The molecule has 0 fully saturated rings. The predicted octanol–water partition coefficient (Wildman–Crippen LogP) is 4.56. The van der Waals surface area contributed by atoms with Crippen LogP contribution in [0.25, 0.3) is 33.4 Å². The normalized spacial score (nSPS) is 18.3. The second-order valence-corrected chi connectivity index (χ2v) is 15.4. The minimum atomic E-state index is -2.01. The lowest BCUT2D eigenvalue weighted by molar-refractivity contribution is -0.172. The fourth-order valence-corrected chi connectivity index (χ4v) is 8.97.